The third-order valence-electron chi connectivity index (χ3n) is 7.29. The highest BCUT2D eigenvalue weighted by atomic mass is 16.6. The molecule has 5 N–H and O–H groups in total. The Balaban J connectivity index is 1.61. The number of nitrogens with zero attached hydrogens (tertiary/aromatic N) is 4. The van der Waals surface area contributed by atoms with E-state index in [1.165, 1.54) is 16.9 Å². The number of nitrogen functional groups attached to an aromatic ring is 1. The van der Waals surface area contributed by atoms with Gasteiger partial charge in [-0.05, 0) is 36.8 Å². The molecule has 12 nitrogen and oxygen atoms in total. The molecule has 37 heavy (non-hydrogen) atoms. The summed E-state index contributed by atoms with van der Waals surface area (Å²) < 4.78 is 18.5. The Morgan fingerprint density at radius 2 is 2.05 bits per heavy atom. The van der Waals surface area contributed by atoms with Gasteiger partial charge < -0.3 is 30.8 Å². The van der Waals surface area contributed by atoms with Gasteiger partial charge in [0.05, 0.1) is 5.69 Å². The maximum Gasteiger partial charge on any atom is 0.323 e. The van der Waals surface area contributed by atoms with Crippen LogP contribution in [0.5, 0.6) is 0 Å². The van der Waals surface area contributed by atoms with Crippen LogP contribution in [0.3, 0.4) is 0 Å². The molecule has 0 spiro atoms. The summed E-state index contributed by atoms with van der Waals surface area (Å²) in [7, 11) is 0. The predicted molar refractivity (Wildman–Crippen MR) is 130 cm³/mol. The van der Waals surface area contributed by atoms with Crippen molar-refractivity contribution in [3.8, 4) is 6.07 Å². The summed E-state index contributed by atoms with van der Waals surface area (Å²) in [6, 6.07) is 4.30. The third-order valence-corrected chi connectivity index (χ3v) is 7.29. The van der Waals surface area contributed by atoms with E-state index in [9.17, 15) is 20.0 Å². The number of anilines is 1. The van der Waals surface area contributed by atoms with Gasteiger partial charge >= 0.3 is 11.9 Å². The molecule has 12 heteroatoms. The van der Waals surface area contributed by atoms with E-state index in [2.05, 4.69) is 10.1 Å². The van der Waals surface area contributed by atoms with Crippen molar-refractivity contribution in [3.63, 3.8) is 0 Å². The molecule has 0 bridgehead atoms. The van der Waals surface area contributed by atoms with Crippen LogP contribution in [0.1, 0.15) is 58.1 Å². The molecule has 4 rings (SSSR count). The first-order valence-electron chi connectivity index (χ1n) is 12.7. The second-order valence-electron chi connectivity index (χ2n) is 10.2. The van der Waals surface area contributed by atoms with Gasteiger partial charge in [0, 0.05) is 6.42 Å². The Labute approximate surface area is 214 Å². The molecule has 1 saturated heterocycles. The van der Waals surface area contributed by atoms with E-state index in [1.807, 2.05) is 6.07 Å². The molecule has 1 aliphatic heterocycles. The van der Waals surface area contributed by atoms with Crippen LogP contribution in [-0.4, -0.2) is 62.6 Å². The average molecular weight is 515 g/mol. The van der Waals surface area contributed by atoms with E-state index in [0.29, 0.717) is 5.52 Å². The monoisotopic (exact) mass is 514 g/mol. The lowest BCUT2D eigenvalue weighted by molar-refractivity contribution is -0.162. The molecule has 2 aromatic rings. The van der Waals surface area contributed by atoms with E-state index >= 15 is 0 Å². The molecule has 0 unspecified atom stereocenters. The Morgan fingerprint density at radius 1 is 1.32 bits per heavy atom. The Morgan fingerprint density at radius 3 is 2.73 bits per heavy atom. The van der Waals surface area contributed by atoms with Crippen LogP contribution in [0.4, 0.5) is 5.82 Å². The maximum atomic E-state index is 12.9. The lowest BCUT2D eigenvalue weighted by Crippen LogP contribution is -2.44. The quantitative estimate of drug-likeness (QED) is 0.429. The molecular weight excluding hydrogens is 480 g/mol. The zero-order chi connectivity index (χ0) is 26.7. The zero-order valence-electron chi connectivity index (χ0n) is 21.1. The minimum atomic E-state index is -1.99. The first kappa shape index (κ1) is 26.8. The summed E-state index contributed by atoms with van der Waals surface area (Å²) in [4.78, 5) is 29.2. The molecule has 0 aromatic carbocycles. The number of carbonyl (C=O) groups is 2. The molecule has 2 fully saturated rings. The number of nitrogens with two attached hydrogens (primary N) is 2. The number of esters is 2. The summed E-state index contributed by atoms with van der Waals surface area (Å²) in [5, 5.41) is 25.8. The van der Waals surface area contributed by atoms with Crippen LogP contribution < -0.4 is 11.5 Å². The molecule has 1 saturated carbocycles. The fourth-order valence-corrected chi connectivity index (χ4v) is 5.03. The topological polar surface area (TPSA) is 188 Å². The van der Waals surface area contributed by atoms with Crippen LogP contribution in [0.2, 0.25) is 0 Å². The van der Waals surface area contributed by atoms with Crippen LogP contribution in [0.15, 0.2) is 18.5 Å². The standard InChI is InChI=1S/C25H34N6O6/c1-14(2)20(27)24(34)35-11-17-21(36-19(32)10-15-6-4-3-5-7-15)22(33)25(12-26,37-17)18-9-8-16-23(28)29-13-30-31(16)18/h8-9,13-15,17,20-22,33H,3-7,10-11,27H2,1-2H3,(H2,28,29,30)/t17-,20+,21-,22-,25+/m1/s1. The Bertz CT molecular complexity index is 1170. The van der Waals surface area contributed by atoms with Crippen LogP contribution in [0.25, 0.3) is 5.52 Å². The molecule has 3 heterocycles. The first-order valence-corrected chi connectivity index (χ1v) is 12.7. The van der Waals surface area contributed by atoms with Gasteiger partial charge in [-0.3, -0.25) is 9.59 Å². The summed E-state index contributed by atoms with van der Waals surface area (Å²) in [5.74, 6) is -0.956. The number of fused-ring (bicyclic) bond motifs is 1. The van der Waals surface area contributed by atoms with Gasteiger partial charge in [0.2, 0.25) is 5.60 Å². The normalized spacial score (nSPS) is 27.2. The van der Waals surface area contributed by atoms with Crippen LogP contribution >= 0.6 is 0 Å². The lowest BCUT2D eigenvalue weighted by Gasteiger charge is -2.25. The summed E-state index contributed by atoms with van der Waals surface area (Å²) >= 11 is 0. The number of nitriles is 1. The van der Waals surface area contributed by atoms with Crippen molar-refractivity contribution in [1.29, 1.82) is 5.26 Å². The van der Waals surface area contributed by atoms with E-state index in [0.717, 1.165) is 32.1 Å². The third kappa shape index (κ3) is 5.25. The van der Waals surface area contributed by atoms with Crippen molar-refractivity contribution in [1.82, 2.24) is 14.6 Å². The van der Waals surface area contributed by atoms with Gasteiger partial charge in [-0.1, -0.05) is 33.1 Å². The number of hydrogen-bond acceptors (Lipinski definition) is 11. The molecule has 1 aliphatic carbocycles. The van der Waals surface area contributed by atoms with Crippen molar-refractivity contribution < 1.29 is 28.9 Å². The van der Waals surface area contributed by atoms with Gasteiger partial charge in [-0.25, -0.2) is 9.50 Å². The minimum absolute atomic E-state index is 0.165. The van der Waals surface area contributed by atoms with Crippen molar-refractivity contribution in [3.05, 3.63) is 24.2 Å². The van der Waals surface area contributed by atoms with Crippen molar-refractivity contribution >= 4 is 23.3 Å². The smallest absolute Gasteiger partial charge is 0.323 e. The summed E-state index contributed by atoms with van der Waals surface area (Å²) in [5.41, 5.74) is 10.4. The Kier molecular flexibility index (Phi) is 7.96. The Hall–Kier alpha value is -3.27. The predicted octanol–water partition coefficient (Wildman–Crippen LogP) is 1.20. The molecule has 200 valence electrons. The fraction of sp³-hybridized carbons (Fsp3) is 0.640. The second kappa shape index (κ2) is 11.0. The summed E-state index contributed by atoms with van der Waals surface area (Å²) in [6.07, 6.45) is 2.55. The number of aliphatic hydroxyl groups is 1. The van der Waals surface area contributed by atoms with Gasteiger partial charge in [0.15, 0.2) is 11.9 Å². The molecule has 0 radical (unpaired) electrons. The van der Waals surface area contributed by atoms with Crippen molar-refractivity contribution in [2.75, 3.05) is 12.3 Å². The molecule has 5 atom stereocenters. The molecular formula is C25H34N6O6. The second-order valence-corrected chi connectivity index (χ2v) is 10.2. The summed E-state index contributed by atoms with van der Waals surface area (Å²) in [6.45, 7) is 3.19. The molecule has 2 aliphatic rings. The molecule has 2 aromatic heterocycles. The maximum absolute atomic E-state index is 12.9. The van der Waals surface area contributed by atoms with Gasteiger partial charge in [-0.15, -0.1) is 0 Å². The van der Waals surface area contributed by atoms with Crippen LogP contribution in [-0.2, 0) is 29.4 Å². The number of rotatable bonds is 8. The van der Waals surface area contributed by atoms with Crippen molar-refractivity contribution in [2.24, 2.45) is 17.6 Å². The van der Waals surface area contributed by atoms with Gasteiger partial charge in [0.1, 0.15) is 42.8 Å². The minimum Gasteiger partial charge on any atom is -0.462 e. The number of aromatic nitrogens is 3. The first-order chi connectivity index (χ1) is 17.7. The lowest BCUT2D eigenvalue weighted by atomic mass is 9.87. The largest absolute Gasteiger partial charge is 0.462 e. The van der Waals surface area contributed by atoms with E-state index in [-0.39, 0.29) is 36.4 Å². The van der Waals surface area contributed by atoms with E-state index < -0.39 is 41.9 Å². The fourth-order valence-electron chi connectivity index (χ4n) is 5.03. The number of aliphatic hydroxyl groups excluding tert-OH is 1. The number of carbonyl (C=O) groups excluding carboxylic acids is 2. The SMILES string of the molecule is CC(C)[C@H](N)C(=O)OC[C@H]1O[C@@](C#N)(c2ccc3c(N)ncnn23)[C@H](O)[C@@H]1OC(=O)CC1CCCCC1. The van der Waals surface area contributed by atoms with Gasteiger partial charge in [0.25, 0.3) is 0 Å². The molecule has 0 amide bonds. The van der Waals surface area contributed by atoms with E-state index in [4.69, 9.17) is 25.7 Å². The highest BCUT2D eigenvalue weighted by molar-refractivity contribution is 5.75. The van der Waals surface area contributed by atoms with Gasteiger partial charge in [-0.2, -0.15) is 10.4 Å². The zero-order valence-corrected chi connectivity index (χ0v) is 21.1. The van der Waals surface area contributed by atoms with Crippen LogP contribution in [0, 0.1) is 23.2 Å². The number of ether oxygens (including phenoxy) is 3. The number of hydrogen-bond donors (Lipinski definition) is 3. The average Bonchev–Trinajstić information content (AvgIpc) is 3.43. The highest BCUT2D eigenvalue weighted by Gasteiger charge is 2.60. The van der Waals surface area contributed by atoms with Crippen molar-refractivity contribution in [2.45, 2.75) is 82.3 Å². The van der Waals surface area contributed by atoms with E-state index in [1.54, 1.807) is 19.9 Å². The highest BCUT2D eigenvalue weighted by Crippen LogP contribution is 2.42.